The van der Waals surface area contributed by atoms with E-state index in [0.29, 0.717) is 18.7 Å². The molecule has 38 heavy (non-hydrogen) atoms. The number of unbranched alkanes of at least 4 members (excludes halogenated alkanes) is 1. The Morgan fingerprint density at radius 2 is 1.74 bits per heavy atom. The summed E-state index contributed by atoms with van der Waals surface area (Å²) in [4.78, 5) is 21.5. The number of nitrogens with zero attached hydrogens (tertiary/aromatic N) is 3. The van der Waals surface area contributed by atoms with Gasteiger partial charge in [0.15, 0.2) is 4.90 Å². The van der Waals surface area contributed by atoms with Gasteiger partial charge in [0.2, 0.25) is 15.7 Å². The fraction of sp³-hybridized carbons (Fsp3) is 0.276. The zero-order valence-electron chi connectivity index (χ0n) is 21.7. The summed E-state index contributed by atoms with van der Waals surface area (Å²) in [6.07, 6.45) is 5.37. The van der Waals surface area contributed by atoms with Crippen molar-refractivity contribution >= 4 is 9.84 Å². The first-order chi connectivity index (χ1) is 18.3. The number of ether oxygens (including phenoxy) is 1. The van der Waals surface area contributed by atoms with Crippen LogP contribution in [0.1, 0.15) is 42.8 Å². The van der Waals surface area contributed by atoms with E-state index in [1.165, 1.54) is 23.8 Å². The monoisotopic (exact) mass is 533 g/mol. The molecule has 0 radical (unpaired) electrons. The van der Waals surface area contributed by atoms with E-state index in [1.807, 2.05) is 50.2 Å². The summed E-state index contributed by atoms with van der Waals surface area (Å²) >= 11 is 0. The number of pyridine rings is 1. The van der Waals surface area contributed by atoms with Gasteiger partial charge in [-0.25, -0.2) is 8.42 Å². The van der Waals surface area contributed by atoms with Gasteiger partial charge < -0.3 is 9.84 Å². The lowest BCUT2D eigenvalue weighted by Gasteiger charge is -2.24. The fourth-order valence-electron chi connectivity index (χ4n) is 4.43. The number of hydrogen-bond acceptors (Lipinski definition) is 7. The van der Waals surface area contributed by atoms with E-state index < -0.39 is 32.2 Å². The molecule has 0 aliphatic heterocycles. The number of aromatic hydroxyl groups is 1. The van der Waals surface area contributed by atoms with Crippen LogP contribution in [0.2, 0.25) is 0 Å². The molecule has 2 aromatic heterocycles. The van der Waals surface area contributed by atoms with Crippen molar-refractivity contribution in [3.8, 4) is 17.0 Å². The molecule has 1 atom stereocenters. The van der Waals surface area contributed by atoms with Crippen LogP contribution in [0.3, 0.4) is 0 Å². The Hall–Kier alpha value is -3.82. The molecule has 0 amide bonds. The third kappa shape index (κ3) is 5.54. The molecule has 0 bridgehead atoms. The highest BCUT2D eigenvalue weighted by Crippen LogP contribution is 2.29. The summed E-state index contributed by atoms with van der Waals surface area (Å²) in [7, 11) is -2.88. The van der Waals surface area contributed by atoms with Crippen LogP contribution in [0.5, 0.6) is 5.88 Å². The van der Waals surface area contributed by atoms with Crippen LogP contribution in [0.4, 0.5) is 0 Å². The van der Waals surface area contributed by atoms with Crippen molar-refractivity contribution in [2.75, 3.05) is 13.7 Å². The van der Waals surface area contributed by atoms with Crippen molar-refractivity contribution in [2.45, 2.75) is 48.9 Å². The maximum atomic E-state index is 13.9. The molecule has 4 aromatic rings. The summed E-state index contributed by atoms with van der Waals surface area (Å²) < 4.78 is 34.2. The molecule has 8 nitrogen and oxygen atoms in total. The molecule has 9 heteroatoms. The van der Waals surface area contributed by atoms with Gasteiger partial charge in [-0.3, -0.25) is 14.3 Å². The van der Waals surface area contributed by atoms with Gasteiger partial charge in [0.1, 0.15) is 5.82 Å². The molecule has 0 saturated carbocycles. The fourth-order valence-corrected chi connectivity index (χ4v) is 5.77. The normalized spacial score (nSPS) is 12.4. The van der Waals surface area contributed by atoms with Gasteiger partial charge in [0, 0.05) is 31.5 Å². The lowest BCUT2D eigenvalue weighted by atomic mass is 10.1. The number of rotatable bonds is 10. The van der Waals surface area contributed by atoms with Crippen LogP contribution in [0.25, 0.3) is 11.1 Å². The average molecular weight is 534 g/mol. The largest absolute Gasteiger partial charge is 0.492 e. The minimum Gasteiger partial charge on any atom is -0.492 e. The smallest absolute Gasteiger partial charge is 0.277 e. The van der Waals surface area contributed by atoms with E-state index in [9.17, 15) is 18.3 Å². The van der Waals surface area contributed by atoms with E-state index in [0.717, 1.165) is 28.7 Å². The number of hydrogen-bond donors (Lipinski definition) is 1. The summed E-state index contributed by atoms with van der Waals surface area (Å²) in [5, 5.41) is 10.8. The second-order valence-corrected chi connectivity index (χ2v) is 11.0. The number of sulfone groups is 1. The predicted molar refractivity (Wildman–Crippen MR) is 145 cm³/mol. The molecule has 2 heterocycles. The van der Waals surface area contributed by atoms with Crippen LogP contribution in [0, 0.1) is 6.92 Å². The van der Waals surface area contributed by atoms with Crippen molar-refractivity contribution in [1.29, 1.82) is 0 Å². The third-order valence-electron chi connectivity index (χ3n) is 6.35. The molecule has 0 aliphatic carbocycles. The molecule has 0 saturated heterocycles. The highest BCUT2D eigenvalue weighted by atomic mass is 32.2. The van der Waals surface area contributed by atoms with Gasteiger partial charge in [-0.15, -0.1) is 0 Å². The third-order valence-corrected chi connectivity index (χ3v) is 8.13. The number of methoxy groups -OCH3 is 1. The first-order valence-corrected chi connectivity index (χ1v) is 13.9. The summed E-state index contributed by atoms with van der Waals surface area (Å²) in [6.45, 7) is 4.04. The minimum atomic E-state index is -4.40. The van der Waals surface area contributed by atoms with Gasteiger partial charge in [0.25, 0.3) is 5.56 Å². The van der Waals surface area contributed by atoms with Crippen LogP contribution < -0.4 is 5.56 Å². The molecular formula is C29H31N3O5S. The number of aromatic nitrogens is 3. The average Bonchev–Trinajstić information content (AvgIpc) is 2.91. The van der Waals surface area contributed by atoms with Crippen LogP contribution >= 0.6 is 0 Å². The molecular weight excluding hydrogens is 502 g/mol. The van der Waals surface area contributed by atoms with Crippen LogP contribution in [0.15, 0.2) is 87.6 Å². The topological polar surface area (TPSA) is 111 Å². The second-order valence-electron chi connectivity index (χ2n) is 9.12. The Morgan fingerprint density at radius 1 is 1.03 bits per heavy atom. The van der Waals surface area contributed by atoms with Crippen LogP contribution in [-0.4, -0.2) is 41.8 Å². The van der Waals surface area contributed by atoms with E-state index in [1.54, 1.807) is 24.5 Å². The van der Waals surface area contributed by atoms with E-state index in [4.69, 9.17) is 4.74 Å². The zero-order valence-corrected chi connectivity index (χ0v) is 22.5. The molecule has 0 spiro atoms. The van der Waals surface area contributed by atoms with Crippen molar-refractivity contribution in [2.24, 2.45) is 0 Å². The van der Waals surface area contributed by atoms with E-state index >= 15 is 0 Å². The molecule has 0 aliphatic rings. The summed E-state index contributed by atoms with van der Waals surface area (Å²) in [6, 6.07) is 16.7. The predicted octanol–water partition coefficient (Wildman–Crippen LogP) is 4.73. The molecule has 2 aromatic carbocycles. The van der Waals surface area contributed by atoms with Crippen LogP contribution in [-0.2, 0) is 21.0 Å². The Bertz CT molecular complexity index is 1570. The van der Waals surface area contributed by atoms with Gasteiger partial charge in [-0.2, -0.15) is 4.98 Å². The number of benzene rings is 2. The van der Waals surface area contributed by atoms with Crippen molar-refractivity contribution in [3.63, 3.8) is 0 Å². The quantitative estimate of drug-likeness (QED) is 0.314. The van der Waals surface area contributed by atoms with Crippen molar-refractivity contribution in [3.05, 3.63) is 100 Å². The van der Waals surface area contributed by atoms with Gasteiger partial charge in [-0.1, -0.05) is 55.8 Å². The Labute approximate surface area is 222 Å². The minimum absolute atomic E-state index is 0.119. The summed E-state index contributed by atoms with van der Waals surface area (Å²) in [5.41, 5.74) is 2.52. The summed E-state index contributed by atoms with van der Waals surface area (Å²) in [5.74, 6) is -0.491. The molecule has 4 rings (SSSR count). The lowest BCUT2D eigenvalue weighted by Crippen LogP contribution is -2.35. The first kappa shape index (κ1) is 27.2. The Kier molecular flexibility index (Phi) is 8.38. The Balaban J connectivity index is 1.86. The van der Waals surface area contributed by atoms with Crippen molar-refractivity contribution < 1.29 is 18.3 Å². The maximum absolute atomic E-state index is 13.9. The van der Waals surface area contributed by atoms with E-state index in [-0.39, 0.29) is 11.5 Å². The SMILES string of the molecule is CCCCc1nc(O)c(S(=O)(=O)c2ccc(-c3cncc(C)c3)cc2)c(=O)n1C(COC)c1ccccc1. The molecule has 1 unspecified atom stereocenters. The highest BCUT2D eigenvalue weighted by molar-refractivity contribution is 7.91. The Morgan fingerprint density at radius 3 is 2.37 bits per heavy atom. The van der Waals surface area contributed by atoms with Crippen molar-refractivity contribution in [1.82, 2.24) is 14.5 Å². The standard InChI is InChI=1S/C29H31N3O5S/c1-4-5-11-26-31-28(33)27(29(34)32(26)25(19-37-3)22-9-7-6-8-10-22)38(35,36)24-14-12-21(13-15-24)23-16-20(2)17-30-18-23/h6-10,12-18,25,33H,4-5,11,19H2,1-3H3. The molecule has 198 valence electrons. The maximum Gasteiger partial charge on any atom is 0.277 e. The first-order valence-electron chi connectivity index (χ1n) is 12.4. The highest BCUT2D eigenvalue weighted by Gasteiger charge is 2.32. The van der Waals surface area contributed by atoms with Gasteiger partial charge in [-0.05, 0) is 48.2 Å². The number of aryl methyl sites for hydroxylation is 2. The van der Waals surface area contributed by atoms with Gasteiger partial charge in [0.05, 0.1) is 17.5 Å². The second kappa shape index (κ2) is 11.7. The van der Waals surface area contributed by atoms with Gasteiger partial charge >= 0.3 is 0 Å². The lowest BCUT2D eigenvalue weighted by molar-refractivity contribution is 0.165. The molecule has 1 N–H and O–H groups in total. The molecule has 0 fully saturated rings. The zero-order chi connectivity index (χ0) is 27.3. The van der Waals surface area contributed by atoms with E-state index in [2.05, 4.69) is 9.97 Å².